The third-order valence-corrected chi connectivity index (χ3v) is 6.33. The van der Waals surface area contributed by atoms with Crippen LogP contribution in [0.4, 0.5) is 5.13 Å². The number of ether oxygens (including phenoxy) is 1. The first-order chi connectivity index (χ1) is 12.1. The minimum absolute atomic E-state index is 0.0307. The Bertz CT molecular complexity index is 743. The number of nitrogens with zero attached hydrogens (tertiary/aromatic N) is 2. The molecule has 1 aliphatic carbocycles. The zero-order valence-electron chi connectivity index (χ0n) is 13.9. The minimum Gasteiger partial charge on any atom is -0.468 e. The maximum Gasteiger partial charge on any atom is 0.316 e. The number of esters is 1. The smallest absolute Gasteiger partial charge is 0.316 e. The summed E-state index contributed by atoms with van der Waals surface area (Å²) in [4.78, 5) is 24.2. The number of carbonyl (C=O) groups is 2. The number of methoxy groups -OCH3 is 1. The van der Waals surface area contributed by atoms with E-state index in [2.05, 4.69) is 20.3 Å². The normalized spacial score (nSPS) is 15.7. The molecule has 6 nitrogen and oxygen atoms in total. The highest BCUT2D eigenvalue weighted by Gasteiger charge is 2.42. The molecule has 1 saturated carbocycles. The minimum atomic E-state index is -0.494. The van der Waals surface area contributed by atoms with Gasteiger partial charge in [-0.1, -0.05) is 66.3 Å². The topological polar surface area (TPSA) is 81.2 Å². The number of thioether (sulfide) groups is 1. The summed E-state index contributed by atoms with van der Waals surface area (Å²) in [5, 5.41) is 11.4. The van der Waals surface area contributed by atoms with Gasteiger partial charge in [0.15, 0.2) is 4.34 Å². The van der Waals surface area contributed by atoms with E-state index >= 15 is 0 Å². The molecule has 0 spiro atoms. The number of hydrogen-bond acceptors (Lipinski definition) is 7. The molecule has 1 fully saturated rings. The van der Waals surface area contributed by atoms with Crippen LogP contribution < -0.4 is 5.32 Å². The summed E-state index contributed by atoms with van der Waals surface area (Å²) in [6.07, 6.45) is 3.76. The molecule has 1 N–H and O–H groups in total. The standard InChI is InChI=1S/C17H19N3O3S2/c1-23-13(21)11-24-16-20-19-15(25-16)18-14(22)17(9-5-6-10-17)12-7-3-2-4-8-12/h2-4,7-8H,5-6,9-11H2,1H3,(H,18,19,22). The van der Waals surface area contributed by atoms with Gasteiger partial charge in [-0.15, -0.1) is 10.2 Å². The fourth-order valence-corrected chi connectivity index (χ4v) is 4.68. The number of carbonyl (C=O) groups excluding carboxylic acids is 2. The number of aromatic nitrogens is 2. The maximum absolute atomic E-state index is 13.0. The second-order valence-corrected chi connectivity index (χ2v) is 8.05. The molecule has 0 radical (unpaired) electrons. The van der Waals surface area contributed by atoms with Crippen LogP contribution >= 0.6 is 23.1 Å². The Morgan fingerprint density at radius 1 is 1.24 bits per heavy atom. The van der Waals surface area contributed by atoms with Crippen molar-refractivity contribution in [3.8, 4) is 0 Å². The lowest BCUT2D eigenvalue weighted by molar-refractivity contribution is -0.137. The van der Waals surface area contributed by atoms with Gasteiger partial charge in [-0.2, -0.15) is 0 Å². The highest BCUT2D eigenvalue weighted by Crippen LogP contribution is 2.42. The molecule has 8 heteroatoms. The molecular formula is C17H19N3O3S2. The summed E-state index contributed by atoms with van der Waals surface area (Å²) in [5.41, 5.74) is 0.557. The van der Waals surface area contributed by atoms with E-state index in [9.17, 15) is 9.59 Å². The molecule has 25 heavy (non-hydrogen) atoms. The molecular weight excluding hydrogens is 358 g/mol. The zero-order chi connectivity index (χ0) is 17.7. The average Bonchev–Trinajstić information content (AvgIpc) is 3.30. The Hall–Kier alpha value is -1.93. The Labute approximate surface area is 154 Å². The van der Waals surface area contributed by atoms with Gasteiger partial charge in [-0.3, -0.25) is 14.9 Å². The lowest BCUT2D eigenvalue weighted by Crippen LogP contribution is -2.37. The van der Waals surface area contributed by atoms with Gasteiger partial charge in [-0.05, 0) is 18.4 Å². The van der Waals surface area contributed by atoms with Gasteiger partial charge in [0.25, 0.3) is 0 Å². The third kappa shape index (κ3) is 4.01. The Morgan fingerprint density at radius 2 is 1.96 bits per heavy atom. The van der Waals surface area contributed by atoms with Crippen LogP contribution in [-0.2, 0) is 19.7 Å². The van der Waals surface area contributed by atoms with E-state index in [0.29, 0.717) is 9.47 Å². The number of rotatable bonds is 6. The molecule has 2 aromatic rings. The molecule has 3 rings (SSSR count). The first-order valence-electron chi connectivity index (χ1n) is 8.04. The van der Waals surface area contributed by atoms with Crippen molar-refractivity contribution in [1.29, 1.82) is 0 Å². The molecule has 1 aromatic heterocycles. The van der Waals surface area contributed by atoms with Crippen molar-refractivity contribution < 1.29 is 14.3 Å². The van der Waals surface area contributed by atoms with E-state index < -0.39 is 5.41 Å². The van der Waals surface area contributed by atoms with E-state index in [1.54, 1.807) is 0 Å². The Kier molecular flexibility index (Phi) is 5.70. The SMILES string of the molecule is COC(=O)CSc1nnc(NC(=O)C2(c3ccccc3)CCCC2)s1. The fourth-order valence-electron chi connectivity index (χ4n) is 3.10. The van der Waals surface area contributed by atoms with Gasteiger partial charge in [0.05, 0.1) is 18.3 Å². The van der Waals surface area contributed by atoms with E-state index in [1.807, 2.05) is 30.3 Å². The van der Waals surface area contributed by atoms with Crippen molar-refractivity contribution in [2.75, 3.05) is 18.2 Å². The highest BCUT2D eigenvalue weighted by atomic mass is 32.2. The summed E-state index contributed by atoms with van der Waals surface area (Å²) in [5.74, 6) is -0.177. The molecule has 1 amide bonds. The Morgan fingerprint density at radius 3 is 2.64 bits per heavy atom. The van der Waals surface area contributed by atoms with Crippen LogP contribution in [0.5, 0.6) is 0 Å². The summed E-state index contributed by atoms with van der Waals surface area (Å²) >= 11 is 2.52. The molecule has 0 saturated heterocycles. The van der Waals surface area contributed by atoms with E-state index in [0.717, 1.165) is 31.2 Å². The van der Waals surface area contributed by atoms with Crippen LogP contribution in [0.3, 0.4) is 0 Å². The lowest BCUT2D eigenvalue weighted by Gasteiger charge is -2.27. The predicted octanol–water partition coefficient (Wildman–Crippen LogP) is 3.25. The Balaban J connectivity index is 1.70. The average molecular weight is 377 g/mol. The van der Waals surface area contributed by atoms with Crippen molar-refractivity contribution >= 4 is 40.1 Å². The second-order valence-electron chi connectivity index (χ2n) is 5.85. The lowest BCUT2D eigenvalue weighted by atomic mass is 9.78. The highest BCUT2D eigenvalue weighted by molar-refractivity contribution is 8.01. The summed E-state index contributed by atoms with van der Waals surface area (Å²) in [6.45, 7) is 0. The summed E-state index contributed by atoms with van der Waals surface area (Å²) in [6, 6.07) is 9.93. The molecule has 0 unspecified atom stereocenters. The van der Waals surface area contributed by atoms with Crippen LogP contribution in [0.15, 0.2) is 34.7 Å². The monoisotopic (exact) mass is 377 g/mol. The van der Waals surface area contributed by atoms with Gasteiger partial charge in [0.2, 0.25) is 11.0 Å². The van der Waals surface area contributed by atoms with Gasteiger partial charge < -0.3 is 4.74 Å². The van der Waals surface area contributed by atoms with Crippen LogP contribution in [0.1, 0.15) is 31.2 Å². The van der Waals surface area contributed by atoms with Gasteiger partial charge >= 0.3 is 5.97 Å². The quantitative estimate of drug-likeness (QED) is 0.473. The molecule has 1 aliphatic rings. The molecule has 1 heterocycles. The van der Waals surface area contributed by atoms with Crippen LogP contribution in [0.25, 0.3) is 0 Å². The first-order valence-corrected chi connectivity index (χ1v) is 9.84. The van der Waals surface area contributed by atoms with E-state index in [4.69, 9.17) is 0 Å². The number of hydrogen-bond donors (Lipinski definition) is 1. The summed E-state index contributed by atoms with van der Waals surface area (Å²) in [7, 11) is 1.35. The molecule has 0 atom stereocenters. The number of anilines is 1. The van der Waals surface area contributed by atoms with Crippen LogP contribution in [-0.4, -0.2) is 34.9 Å². The first kappa shape index (κ1) is 17.9. The van der Waals surface area contributed by atoms with E-state index in [1.165, 1.54) is 30.2 Å². The zero-order valence-corrected chi connectivity index (χ0v) is 15.5. The van der Waals surface area contributed by atoms with Crippen molar-refractivity contribution in [2.24, 2.45) is 0 Å². The van der Waals surface area contributed by atoms with Crippen molar-refractivity contribution in [3.05, 3.63) is 35.9 Å². The van der Waals surface area contributed by atoms with Gasteiger partial charge in [0, 0.05) is 0 Å². The van der Waals surface area contributed by atoms with Gasteiger partial charge in [-0.25, -0.2) is 0 Å². The van der Waals surface area contributed by atoms with Crippen molar-refractivity contribution in [3.63, 3.8) is 0 Å². The molecule has 132 valence electrons. The van der Waals surface area contributed by atoms with E-state index in [-0.39, 0.29) is 17.6 Å². The molecule has 0 aliphatic heterocycles. The largest absolute Gasteiger partial charge is 0.468 e. The third-order valence-electron chi connectivity index (χ3n) is 4.39. The fraction of sp³-hybridized carbons (Fsp3) is 0.412. The molecule has 1 aromatic carbocycles. The second kappa shape index (κ2) is 7.97. The number of amides is 1. The summed E-state index contributed by atoms with van der Waals surface area (Å²) < 4.78 is 5.23. The predicted molar refractivity (Wildman–Crippen MR) is 97.9 cm³/mol. The van der Waals surface area contributed by atoms with Gasteiger partial charge in [0.1, 0.15) is 0 Å². The number of benzene rings is 1. The van der Waals surface area contributed by atoms with Crippen LogP contribution in [0.2, 0.25) is 0 Å². The van der Waals surface area contributed by atoms with Crippen LogP contribution in [0, 0.1) is 0 Å². The number of nitrogens with one attached hydrogen (secondary N) is 1. The van der Waals surface area contributed by atoms with Crippen molar-refractivity contribution in [1.82, 2.24) is 10.2 Å². The van der Waals surface area contributed by atoms with Crippen molar-refractivity contribution in [2.45, 2.75) is 35.4 Å². The molecule has 0 bridgehead atoms. The maximum atomic E-state index is 13.0.